The third-order valence-electron chi connectivity index (χ3n) is 7.25. The Morgan fingerprint density at radius 1 is 0.946 bits per heavy atom. The summed E-state index contributed by atoms with van der Waals surface area (Å²) in [5.74, 6) is -0.179. The van der Waals surface area contributed by atoms with E-state index in [0.717, 1.165) is 42.7 Å². The fourth-order valence-corrected chi connectivity index (χ4v) is 4.81. The quantitative estimate of drug-likeness (QED) is 0.317. The zero-order chi connectivity index (χ0) is 26.0. The molecule has 4 N–H and O–H groups in total. The van der Waals surface area contributed by atoms with Gasteiger partial charge in [0.15, 0.2) is 0 Å². The molecule has 1 aliphatic rings. The molecule has 0 radical (unpaired) electrons. The molecule has 196 valence electrons. The molecular weight excluding hydrogens is 460 g/mol. The number of amides is 1. The lowest BCUT2D eigenvalue weighted by atomic mass is 9.99. The molecule has 1 heterocycles. The SMILES string of the molecule is C[C@@H](NC[C@@H](O)[C@H](Cc1ccccc1)NC(=O)c1ccc(NC2CCN(C)CC2)cc1)c1ccccc1. The van der Waals surface area contributed by atoms with Crippen LogP contribution in [0.5, 0.6) is 0 Å². The number of carbonyl (C=O) groups is 1. The highest BCUT2D eigenvalue weighted by molar-refractivity contribution is 5.94. The monoisotopic (exact) mass is 500 g/mol. The zero-order valence-electron chi connectivity index (χ0n) is 21.9. The van der Waals surface area contributed by atoms with Crippen molar-refractivity contribution in [1.29, 1.82) is 0 Å². The minimum absolute atomic E-state index is 0.0912. The van der Waals surface area contributed by atoms with E-state index in [0.29, 0.717) is 24.6 Å². The number of hydrogen-bond acceptors (Lipinski definition) is 5. The molecule has 37 heavy (non-hydrogen) atoms. The van der Waals surface area contributed by atoms with Crippen LogP contribution in [0.1, 0.15) is 47.3 Å². The van der Waals surface area contributed by atoms with Crippen LogP contribution < -0.4 is 16.0 Å². The number of carbonyl (C=O) groups excluding carboxylic acids is 1. The van der Waals surface area contributed by atoms with Crippen molar-refractivity contribution in [1.82, 2.24) is 15.5 Å². The van der Waals surface area contributed by atoms with Crippen molar-refractivity contribution in [2.75, 3.05) is 32.0 Å². The van der Waals surface area contributed by atoms with Gasteiger partial charge in [0, 0.05) is 29.9 Å². The highest BCUT2D eigenvalue weighted by Gasteiger charge is 2.23. The Kier molecular flexibility index (Phi) is 9.71. The molecule has 0 unspecified atom stereocenters. The average molecular weight is 501 g/mol. The average Bonchev–Trinajstić information content (AvgIpc) is 2.94. The second-order valence-electron chi connectivity index (χ2n) is 10.2. The van der Waals surface area contributed by atoms with Gasteiger partial charge >= 0.3 is 0 Å². The molecule has 1 saturated heterocycles. The van der Waals surface area contributed by atoms with E-state index in [2.05, 4.69) is 47.0 Å². The Balaban J connectivity index is 1.37. The van der Waals surface area contributed by atoms with E-state index in [1.54, 1.807) is 0 Å². The van der Waals surface area contributed by atoms with Crippen LogP contribution in [-0.2, 0) is 6.42 Å². The standard InChI is InChI=1S/C31H40N4O2/c1-23(25-11-7-4-8-12-25)32-22-30(36)29(21-24-9-5-3-6-10-24)34-31(37)26-13-15-27(16-14-26)33-28-17-19-35(2)20-18-28/h3-16,23,28-30,32-33,36H,17-22H2,1-2H3,(H,34,37)/t23-,29+,30-/m1/s1. The third kappa shape index (κ3) is 8.15. The Labute approximate surface area is 221 Å². The maximum absolute atomic E-state index is 13.2. The lowest BCUT2D eigenvalue weighted by Gasteiger charge is -2.30. The fourth-order valence-electron chi connectivity index (χ4n) is 4.81. The molecule has 1 amide bonds. The number of hydrogen-bond donors (Lipinski definition) is 4. The molecule has 0 aromatic heterocycles. The first kappa shape index (κ1) is 26.9. The van der Waals surface area contributed by atoms with Crippen LogP contribution in [-0.4, -0.2) is 60.8 Å². The second kappa shape index (κ2) is 13.4. The smallest absolute Gasteiger partial charge is 0.251 e. The van der Waals surface area contributed by atoms with E-state index in [9.17, 15) is 9.90 Å². The van der Waals surface area contributed by atoms with Gasteiger partial charge in [0.25, 0.3) is 5.91 Å². The summed E-state index contributed by atoms with van der Waals surface area (Å²) in [6.45, 7) is 4.64. The van der Waals surface area contributed by atoms with Gasteiger partial charge in [-0.15, -0.1) is 0 Å². The molecule has 1 aliphatic heterocycles. The number of rotatable bonds is 11. The van der Waals surface area contributed by atoms with Crippen LogP contribution >= 0.6 is 0 Å². The minimum atomic E-state index is -0.749. The molecule has 0 bridgehead atoms. The van der Waals surface area contributed by atoms with E-state index < -0.39 is 12.1 Å². The molecule has 6 nitrogen and oxygen atoms in total. The van der Waals surface area contributed by atoms with E-state index in [4.69, 9.17) is 0 Å². The van der Waals surface area contributed by atoms with Gasteiger partial charge in [-0.2, -0.15) is 0 Å². The number of aliphatic hydroxyl groups is 1. The van der Waals surface area contributed by atoms with Gasteiger partial charge in [0.2, 0.25) is 0 Å². The third-order valence-corrected chi connectivity index (χ3v) is 7.25. The summed E-state index contributed by atoms with van der Waals surface area (Å²) in [5, 5.41) is 21.2. The van der Waals surface area contributed by atoms with Crippen LogP contribution in [0.2, 0.25) is 0 Å². The van der Waals surface area contributed by atoms with Crippen molar-refractivity contribution in [2.24, 2.45) is 0 Å². The van der Waals surface area contributed by atoms with Gasteiger partial charge in [-0.1, -0.05) is 60.7 Å². The number of nitrogens with one attached hydrogen (secondary N) is 3. The molecule has 6 heteroatoms. The lowest BCUT2D eigenvalue weighted by Crippen LogP contribution is -2.49. The summed E-state index contributed by atoms with van der Waals surface area (Å²) < 4.78 is 0. The molecule has 3 atom stereocenters. The molecule has 3 aromatic carbocycles. The molecule has 0 spiro atoms. The lowest BCUT2D eigenvalue weighted by molar-refractivity contribution is 0.0826. The maximum atomic E-state index is 13.2. The number of likely N-dealkylation sites (tertiary alicyclic amines) is 1. The Morgan fingerprint density at radius 3 is 2.22 bits per heavy atom. The first-order valence-corrected chi connectivity index (χ1v) is 13.3. The Hall–Kier alpha value is -3.19. The first-order chi connectivity index (χ1) is 18.0. The predicted octanol–water partition coefficient (Wildman–Crippen LogP) is 4.25. The minimum Gasteiger partial charge on any atom is -0.390 e. The van der Waals surface area contributed by atoms with Crippen molar-refractivity contribution >= 4 is 11.6 Å². The van der Waals surface area contributed by atoms with Gasteiger partial charge in [-0.05, 0) is 81.7 Å². The van der Waals surface area contributed by atoms with Crippen LogP contribution in [0.25, 0.3) is 0 Å². The Morgan fingerprint density at radius 2 is 1.57 bits per heavy atom. The highest BCUT2D eigenvalue weighted by atomic mass is 16.3. The van der Waals surface area contributed by atoms with Crippen LogP contribution in [0.3, 0.4) is 0 Å². The van der Waals surface area contributed by atoms with Gasteiger partial charge < -0.3 is 26.0 Å². The van der Waals surface area contributed by atoms with E-state index in [1.165, 1.54) is 0 Å². The summed E-state index contributed by atoms with van der Waals surface area (Å²) in [6, 6.07) is 27.9. The largest absolute Gasteiger partial charge is 0.390 e. The van der Waals surface area contributed by atoms with Gasteiger partial charge in [0.1, 0.15) is 0 Å². The summed E-state index contributed by atoms with van der Waals surface area (Å²) in [5.41, 5.74) is 3.85. The molecule has 3 aromatic rings. The number of anilines is 1. The summed E-state index contributed by atoms with van der Waals surface area (Å²) in [4.78, 5) is 15.5. The molecule has 0 aliphatic carbocycles. The first-order valence-electron chi connectivity index (χ1n) is 13.3. The van der Waals surface area contributed by atoms with Gasteiger partial charge in [-0.25, -0.2) is 0 Å². The normalized spacial score (nSPS) is 17.1. The number of aliphatic hydroxyl groups excluding tert-OH is 1. The van der Waals surface area contributed by atoms with Crippen LogP contribution in [0.15, 0.2) is 84.9 Å². The number of benzene rings is 3. The number of piperidine rings is 1. The number of nitrogens with zero attached hydrogens (tertiary/aromatic N) is 1. The molecule has 1 fully saturated rings. The van der Waals surface area contributed by atoms with Crippen LogP contribution in [0, 0.1) is 0 Å². The zero-order valence-corrected chi connectivity index (χ0v) is 21.9. The van der Waals surface area contributed by atoms with E-state index in [-0.39, 0.29) is 11.9 Å². The topological polar surface area (TPSA) is 76.6 Å². The van der Waals surface area contributed by atoms with Crippen molar-refractivity contribution < 1.29 is 9.90 Å². The summed E-state index contributed by atoms with van der Waals surface area (Å²) in [6.07, 6.45) is 2.04. The van der Waals surface area contributed by atoms with Crippen LogP contribution in [0.4, 0.5) is 5.69 Å². The van der Waals surface area contributed by atoms with Gasteiger partial charge in [0.05, 0.1) is 12.1 Å². The van der Waals surface area contributed by atoms with Crippen molar-refractivity contribution in [3.63, 3.8) is 0 Å². The van der Waals surface area contributed by atoms with Gasteiger partial charge in [-0.3, -0.25) is 4.79 Å². The van der Waals surface area contributed by atoms with Crippen molar-refractivity contribution in [3.05, 3.63) is 102 Å². The summed E-state index contributed by atoms with van der Waals surface area (Å²) in [7, 11) is 2.16. The Bertz CT molecular complexity index is 1080. The van der Waals surface area contributed by atoms with E-state index >= 15 is 0 Å². The second-order valence-corrected chi connectivity index (χ2v) is 10.2. The van der Waals surface area contributed by atoms with Crippen molar-refractivity contribution in [3.8, 4) is 0 Å². The molecule has 4 rings (SSSR count). The van der Waals surface area contributed by atoms with E-state index in [1.807, 2.05) is 72.8 Å². The fraction of sp³-hybridized carbons (Fsp3) is 0.387. The highest BCUT2D eigenvalue weighted by Crippen LogP contribution is 2.17. The molecular formula is C31H40N4O2. The predicted molar refractivity (Wildman–Crippen MR) is 151 cm³/mol. The summed E-state index contributed by atoms with van der Waals surface area (Å²) >= 11 is 0. The van der Waals surface area contributed by atoms with Crippen molar-refractivity contribution in [2.45, 2.75) is 50.4 Å². The maximum Gasteiger partial charge on any atom is 0.251 e. The molecule has 0 saturated carbocycles.